The van der Waals surface area contributed by atoms with Gasteiger partial charge in [0.05, 0.1) is 11.5 Å². The normalized spacial score (nSPS) is 19.7. The van der Waals surface area contributed by atoms with Crippen LogP contribution >= 0.6 is 0 Å². The maximum atomic E-state index is 11.2. The van der Waals surface area contributed by atoms with Crippen LogP contribution in [-0.2, 0) is 4.79 Å². The number of imidazole rings is 1. The van der Waals surface area contributed by atoms with Crippen LogP contribution < -0.4 is 0 Å². The number of aliphatic carboxylic acids is 1. The van der Waals surface area contributed by atoms with Crippen LogP contribution in [0.25, 0.3) is 22.8 Å². The number of nitrogens with zero attached hydrogens (tertiary/aromatic N) is 4. The van der Waals surface area contributed by atoms with Crippen LogP contribution in [0.3, 0.4) is 0 Å². The van der Waals surface area contributed by atoms with Crippen LogP contribution in [0.5, 0.6) is 0 Å². The summed E-state index contributed by atoms with van der Waals surface area (Å²) in [6, 6.07) is 8.39. The fourth-order valence-corrected chi connectivity index (χ4v) is 3.81. The average Bonchev–Trinajstić information content (AvgIpc) is 3.18. The maximum Gasteiger partial charge on any atom is 0.306 e. The molecule has 6 heteroatoms. The third-order valence-corrected chi connectivity index (χ3v) is 5.29. The summed E-state index contributed by atoms with van der Waals surface area (Å²) in [5.74, 6) is 0.636. The molecule has 2 aromatic heterocycles. The first kappa shape index (κ1) is 17.4. The molecule has 3 aromatic rings. The lowest BCUT2D eigenvalue weighted by Gasteiger charge is -2.28. The summed E-state index contributed by atoms with van der Waals surface area (Å²) in [4.78, 5) is 24.7. The molecule has 0 amide bonds. The Kier molecular flexibility index (Phi) is 4.71. The quantitative estimate of drug-likeness (QED) is 0.755. The van der Waals surface area contributed by atoms with Gasteiger partial charge in [-0.3, -0.25) is 4.79 Å². The summed E-state index contributed by atoms with van der Waals surface area (Å²) in [6.07, 6.45) is 10.5. The number of hydrogen-bond donors (Lipinski definition) is 1. The van der Waals surface area contributed by atoms with Gasteiger partial charge in [-0.05, 0) is 38.7 Å². The zero-order chi connectivity index (χ0) is 18.8. The van der Waals surface area contributed by atoms with Crippen molar-refractivity contribution in [3.8, 4) is 22.8 Å². The number of aromatic nitrogens is 4. The van der Waals surface area contributed by atoms with Crippen LogP contribution in [0.15, 0.2) is 49.1 Å². The lowest BCUT2D eigenvalue weighted by Crippen LogP contribution is -2.23. The minimum Gasteiger partial charge on any atom is -0.481 e. The molecule has 1 saturated carbocycles. The second-order valence-corrected chi connectivity index (χ2v) is 7.17. The van der Waals surface area contributed by atoms with Gasteiger partial charge >= 0.3 is 5.97 Å². The van der Waals surface area contributed by atoms with Crippen molar-refractivity contribution in [2.75, 3.05) is 0 Å². The number of carboxylic acids is 1. The molecule has 0 aliphatic heterocycles. The van der Waals surface area contributed by atoms with Gasteiger partial charge in [0.15, 0.2) is 5.82 Å². The Labute approximate surface area is 157 Å². The SMILES string of the molecule is Cc1cccc(-c2ncc(-c3nccn3C3CCC(C(=O)O)CC3)cn2)c1. The molecule has 27 heavy (non-hydrogen) atoms. The molecule has 0 saturated heterocycles. The van der Waals surface area contributed by atoms with Gasteiger partial charge in [0, 0.05) is 36.4 Å². The highest BCUT2D eigenvalue weighted by Crippen LogP contribution is 2.34. The number of hydrogen-bond acceptors (Lipinski definition) is 4. The summed E-state index contributed by atoms with van der Waals surface area (Å²) in [6.45, 7) is 2.05. The van der Waals surface area contributed by atoms with Gasteiger partial charge in [0.2, 0.25) is 0 Å². The van der Waals surface area contributed by atoms with Crippen molar-refractivity contribution in [1.29, 1.82) is 0 Å². The highest BCUT2D eigenvalue weighted by Gasteiger charge is 2.27. The molecule has 1 aliphatic carbocycles. The average molecular weight is 362 g/mol. The minimum absolute atomic E-state index is 0.217. The van der Waals surface area contributed by atoms with E-state index in [4.69, 9.17) is 0 Å². The number of rotatable bonds is 4. The van der Waals surface area contributed by atoms with Gasteiger partial charge in [0.1, 0.15) is 5.82 Å². The van der Waals surface area contributed by atoms with E-state index in [1.54, 1.807) is 6.20 Å². The van der Waals surface area contributed by atoms with Gasteiger partial charge in [-0.2, -0.15) is 0 Å². The Morgan fingerprint density at radius 2 is 1.81 bits per heavy atom. The van der Waals surface area contributed by atoms with E-state index in [-0.39, 0.29) is 12.0 Å². The molecule has 0 atom stereocenters. The lowest BCUT2D eigenvalue weighted by atomic mass is 9.86. The molecule has 2 heterocycles. The van der Waals surface area contributed by atoms with E-state index in [2.05, 4.69) is 25.6 Å². The Hall–Kier alpha value is -3.02. The van der Waals surface area contributed by atoms with Gasteiger partial charge < -0.3 is 9.67 Å². The van der Waals surface area contributed by atoms with E-state index in [0.717, 1.165) is 29.8 Å². The second-order valence-electron chi connectivity index (χ2n) is 7.17. The molecule has 1 aromatic carbocycles. The monoisotopic (exact) mass is 362 g/mol. The largest absolute Gasteiger partial charge is 0.481 e. The van der Waals surface area contributed by atoms with E-state index in [9.17, 15) is 9.90 Å². The first-order chi connectivity index (χ1) is 13.1. The maximum absolute atomic E-state index is 11.2. The van der Waals surface area contributed by atoms with E-state index >= 15 is 0 Å². The highest BCUT2D eigenvalue weighted by atomic mass is 16.4. The van der Waals surface area contributed by atoms with Crippen LogP contribution in [-0.4, -0.2) is 30.6 Å². The molecule has 1 aliphatic rings. The molecule has 4 rings (SSSR count). The second kappa shape index (κ2) is 7.31. The van der Waals surface area contributed by atoms with Crippen molar-refractivity contribution < 1.29 is 9.90 Å². The van der Waals surface area contributed by atoms with E-state index < -0.39 is 5.97 Å². The van der Waals surface area contributed by atoms with Crippen molar-refractivity contribution in [1.82, 2.24) is 19.5 Å². The van der Waals surface area contributed by atoms with E-state index in [0.29, 0.717) is 18.7 Å². The Balaban J connectivity index is 1.55. The summed E-state index contributed by atoms with van der Waals surface area (Å²) in [7, 11) is 0. The molecule has 0 unspecified atom stereocenters. The Morgan fingerprint density at radius 3 is 2.48 bits per heavy atom. The van der Waals surface area contributed by atoms with Crippen molar-refractivity contribution in [2.24, 2.45) is 5.92 Å². The third kappa shape index (κ3) is 3.60. The number of carbonyl (C=O) groups is 1. The summed E-state index contributed by atoms with van der Waals surface area (Å²) in [5, 5.41) is 9.19. The lowest BCUT2D eigenvalue weighted by molar-refractivity contribution is -0.143. The number of benzene rings is 1. The molecular formula is C21H22N4O2. The molecule has 1 fully saturated rings. The standard InChI is InChI=1S/C21H22N4O2/c1-14-3-2-4-16(11-14)19-23-12-17(13-24-19)20-22-9-10-25(20)18-7-5-15(6-8-18)21(26)27/h2-4,9-13,15,18H,5-8H2,1H3,(H,26,27). The fourth-order valence-electron chi connectivity index (χ4n) is 3.81. The summed E-state index contributed by atoms with van der Waals surface area (Å²) < 4.78 is 2.14. The first-order valence-electron chi connectivity index (χ1n) is 9.27. The van der Waals surface area contributed by atoms with E-state index in [1.165, 1.54) is 5.56 Å². The van der Waals surface area contributed by atoms with Crippen LogP contribution in [0.2, 0.25) is 0 Å². The molecular weight excluding hydrogens is 340 g/mol. The molecule has 138 valence electrons. The molecule has 0 radical (unpaired) electrons. The zero-order valence-corrected chi connectivity index (χ0v) is 15.2. The topological polar surface area (TPSA) is 80.9 Å². The minimum atomic E-state index is -0.681. The molecule has 0 bridgehead atoms. The predicted octanol–water partition coefficient (Wildman–Crippen LogP) is 4.13. The fraction of sp³-hybridized carbons (Fsp3) is 0.333. The zero-order valence-electron chi connectivity index (χ0n) is 15.2. The van der Waals surface area contributed by atoms with Crippen molar-refractivity contribution in [3.63, 3.8) is 0 Å². The van der Waals surface area contributed by atoms with Crippen molar-refractivity contribution >= 4 is 5.97 Å². The molecule has 0 spiro atoms. The number of carboxylic acid groups (broad SMARTS) is 1. The molecule has 1 N–H and O–H groups in total. The third-order valence-electron chi connectivity index (χ3n) is 5.29. The van der Waals surface area contributed by atoms with Gasteiger partial charge in [-0.1, -0.05) is 23.8 Å². The Morgan fingerprint density at radius 1 is 1.07 bits per heavy atom. The summed E-state index contributed by atoms with van der Waals surface area (Å²) >= 11 is 0. The van der Waals surface area contributed by atoms with Gasteiger partial charge in [-0.25, -0.2) is 15.0 Å². The van der Waals surface area contributed by atoms with Gasteiger partial charge in [0.25, 0.3) is 0 Å². The van der Waals surface area contributed by atoms with Crippen LogP contribution in [0.1, 0.15) is 37.3 Å². The Bertz CT molecular complexity index is 941. The molecule has 6 nitrogen and oxygen atoms in total. The highest BCUT2D eigenvalue weighted by molar-refractivity contribution is 5.70. The smallest absolute Gasteiger partial charge is 0.306 e. The van der Waals surface area contributed by atoms with Crippen LogP contribution in [0, 0.1) is 12.8 Å². The first-order valence-corrected chi connectivity index (χ1v) is 9.27. The van der Waals surface area contributed by atoms with Crippen LogP contribution in [0.4, 0.5) is 0 Å². The number of aryl methyl sites for hydroxylation is 1. The van der Waals surface area contributed by atoms with Gasteiger partial charge in [-0.15, -0.1) is 0 Å². The van der Waals surface area contributed by atoms with Crippen molar-refractivity contribution in [3.05, 3.63) is 54.6 Å². The van der Waals surface area contributed by atoms with Crippen molar-refractivity contribution in [2.45, 2.75) is 38.6 Å². The summed E-state index contributed by atoms with van der Waals surface area (Å²) in [5.41, 5.74) is 3.04. The van der Waals surface area contributed by atoms with E-state index in [1.807, 2.05) is 43.7 Å². The predicted molar refractivity (Wildman–Crippen MR) is 102 cm³/mol.